The molecule has 0 fully saturated rings. The maximum absolute atomic E-state index is 12.4. The summed E-state index contributed by atoms with van der Waals surface area (Å²) in [5.41, 5.74) is 3.25. The zero-order valence-corrected chi connectivity index (χ0v) is 17.3. The standard InChI is InChI=1S/C24H25NO5/c1-4-29-22-10-6-17(13-23(22)28-3)7-12-24(27)25-20-14-18(8-5-16(20)2)21-11-9-19(15-26)30-21/h5-14,26H,4,15H2,1-3H3,(H,25,27)/b12-7+. The van der Waals surface area contributed by atoms with Crippen LogP contribution < -0.4 is 14.8 Å². The van der Waals surface area contributed by atoms with Crippen molar-refractivity contribution in [1.82, 2.24) is 0 Å². The van der Waals surface area contributed by atoms with Gasteiger partial charge in [0.25, 0.3) is 0 Å². The number of carbonyl (C=O) groups is 1. The summed E-state index contributed by atoms with van der Waals surface area (Å²) in [6.45, 7) is 4.22. The first-order valence-corrected chi connectivity index (χ1v) is 9.64. The molecule has 6 heteroatoms. The van der Waals surface area contributed by atoms with E-state index in [9.17, 15) is 9.90 Å². The zero-order chi connectivity index (χ0) is 21.5. The summed E-state index contributed by atoms with van der Waals surface area (Å²) in [6.07, 6.45) is 3.19. The molecule has 0 radical (unpaired) electrons. The second-order valence-electron chi connectivity index (χ2n) is 6.62. The molecule has 3 rings (SSSR count). The van der Waals surface area contributed by atoms with E-state index in [1.165, 1.54) is 6.08 Å². The van der Waals surface area contributed by atoms with Crippen molar-refractivity contribution in [2.24, 2.45) is 0 Å². The van der Waals surface area contributed by atoms with Crippen LogP contribution in [0.25, 0.3) is 17.4 Å². The topological polar surface area (TPSA) is 80.9 Å². The quantitative estimate of drug-likeness (QED) is 0.524. The van der Waals surface area contributed by atoms with E-state index in [0.717, 1.165) is 16.7 Å². The number of anilines is 1. The van der Waals surface area contributed by atoms with Crippen LogP contribution in [0.3, 0.4) is 0 Å². The van der Waals surface area contributed by atoms with E-state index < -0.39 is 0 Å². The van der Waals surface area contributed by atoms with Crippen LogP contribution in [-0.4, -0.2) is 24.7 Å². The first-order chi connectivity index (χ1) is 14.5. The first-order valence-electron chi connectivity index (χ1n) is 9.64. The molecular weight excluding hydrogens is 382 g/mol. The molecule has 6 nitrogen and oxygen atoms in total. The summed E-state index contributed by atoms with van der Waals surface area (Å²) in [5.74, 6) is 2.15. The number of aliphatic hydroxyl groups is 1. The lowest BCUT2D eigenvalue weighted by Gasteiger charge is -2.10. The van der Waals surface area contributed by atoms with Gasteiger partial charge in [-0.2, -0.15) is 0 Å². The Kier molecular flexibility index (Phi) is 6.93. The lowest BCUT2D eigenvalue weighted by atomic mass is 10.1. The van der Waals surface area contributed by atoms with Gasteiger partial charge in [0.1, 0.15) is 18.1 Å². The highest BCUT2D eigenvalue weighted by atomic mass is 16.5. The van der Waals surface area contributed by atoms with Gasteiger partial charge in [-0.15, -0.1) is 0 Å². The third-order valence-corrected chi connectivity index (χ3v) is 4.51. The molecule has 0 bridgehead atoms. The third-order valence-electron chi connectivity index (χ3n) is 4.51. The molecule has 1 aromatic heterocycles. The summed E-state index contributed by atoms with van der Waals surface area (Å²) in [6, 6.07) is 14.7. The van der Waals surface area contributed by atoms with Crippen molar-refractivity contribution in [2.45, 2.75) is 20.5 Å². The van der Waals surface area contributed by atoms with Crippen LogP contribution in [0.1, 0.15) is 23.8 Å². The van der Waals surface area contributed by atoms with E-state index in [-0.39, 0.29) is 12.5 Å². The van der Waals surface area contributed by atoms with Crippen molar-refractivity contribution >= 4 is 17.7 Å². The van der Waals surface area contributed by atoms with E-state index in [1.807, 2.05) is 50.2 Å². The Hall–Kier alpha value is -3.51. The summed E-state index contributed by atoms with van der Waals surface area (Å²) in [7, 11) is 1.58. The number of furan rings is 1. The number of rotatable bonds is 8. The molecule has 3 aromatic rings. The highest BCUT2D eigenvalue weighted by molar-refractivity contribution is 6.02. The fourth-order valence-corrected chi connectivity index (χ4v) is 2.94. The van der Waals surface area contributed by atoms with Gasteiger partial charge in [0.2, 0.25) is 5.91 Å². The van der Waals surface area contributed by atoms with Crippen molar-refractivity contribution in [2.75, 3.05) is 19.0 Å². The average molecular weight is 407 g/mol. The molecule has 2 aromatic carbocycles. The number of amides is 1. The van der Waals surface area contributed by atoms with Gasteiger partial charge in [-0.05, 0) is 61.4 Å². The molecule has 0 aliphatic carbocycles. The Morgan fingerprint density at radius 3 is 2.67 bits per heavy atom. The van der Waals surface area contributed by atoms with Gasteiger partial charge in [0, 0.05) is 17.3 Å². The maximum atomic E-state index is 12.4. The summed E-state index contributed by atoms with van der Waals surface area (Å²) in [4.78, 5) is 12.4. The first kappa shape index (κ1) is 21.2. The third kappa shape index (κ3) is 5.10. The molecule has 0 spiro atoms. The summed E-state index contributed by atoms with van der Waals surface area (Å²) < 4.78 is 16.4. The number of ether oxygens (including phenoxy) is 2. The van der Waals surface area contributed by atoms with E-state index in [0.29, 0.717) is 35.3 Å². The SMILES string of the molecule is CCOc1ccc(/C=C/C(=O)Nc2cc(-c3ccc(CO)o3)ccc2C)cc1OC. The summed E-state index contributed by atoms with van der Waals surface area (Å²) in [5, 5.41) is 12.1. The Morgan fingerprint density at radius 1 is 1.13 bits per heavy atom. The van der Waals surface area contributed by atoms with Crippen LogP contribution in [0.5, 0.6) is 11.5 Å². The molecule has 2 N–H and O–H groups in total. The van der Waals surface area contributed by atoms with E-state index in [4.69, 9.17) is 13.9 Å². The Bertz CT molecular complexity index is 1050. The van der Waals surface area contributed by atoms with Crippen molar-refractivity contribution in [3.8, 4) is 22.8 Å². The number of aryl methyl sites for hydroxylation is 1. The molecule has 30 heavy (non-hydrogen) atoms. The van der Waals surface area contributed by atoms with Crippen molar-refractivity contribution in [1.29, 1.82) is 0 Å². The number of benzene rings is 2. The number of hydrogen-bond acceptors (Lipinski definition) is 5. The van der Waals surface area contributed by atoms with E-state index >= 15 is 0 Å². The van der Waals surface area contributed by atoms with Crippen LogP contribution in [0, 0.1) is 6.92 Å². The molecule has 0 atom stereocenters. The van der Waals surface area contributed by atoms with Gasteiger partial charge in [-0.25, -0.2) is 0 Å². The number of hydrogen-bond donors (Lipinski definition) is 2. The molecule has 156 valence electrons. The Labute approximate surface area is 175 Å². The minimum absolute atomic E-state index is 0.156. The number of methoxy groups -OCH3 is 1. The monoisotopic (exact) mass is 407 g/mol. The number of carbonyl (C=O) groups excluding carboxylic acids is 1. The fraction of sp³-hybridized carbons (Fsp3) is 0.208. The predicted molar refractivity (Wildman–Crippen MR) is 117 cm³/mol. The lowest BCUT2D eigenvalue weighted by molar-refractivity contribution is -0.111. The van der Waals surface area contributed by atoms with Gasteiger partial charge in [0.05, 0.1) is 13.7 Å². The summed E-state index contributed by atoms with van der Waals surface area (Å²) >= 11 is 0. The van der Waals surface area contributed by atoms with Crippen LogP contribution in [0.2, 0.25) is 0 Å². The Balaban J connectivity index is 1.73. The van der Waals surface area contributed by atoms with Gasteiger partial charge in [-0.3, -0.25) is 4.79 Å². The highest BCUT2D eigenvalue weighted by Crippen LogP contribution is 2.29. The molecule has 1 heterocycles. The van der Waals surface area contributed by atoms with Gasteiger partial charge < -0.3 is 24.3 Å². The smallest absolute Gasteiger partial charge is 0.248 e. The van der Waals surface area contributed by atoms with Crippen molar-refractivity contribution in [3.63, 3.8) is 0 Å². The molecule has 0 aliphatic heterocycles. The van der Waals surface area contributed by atoms with Gasteiger partial charge in [-0.1, -0.05) is 18.2 Å². The van der Waals surface area contributed by atoms with Crippen LogP contribution in [0.15, 0.2) is 59.0 Å². The second-order valence-corrected chi connectivity index (χ2v) is 6.62. The minimum atomic E-state index is -0.251. The number of nitrogens with one attached hydrogen (secondary N) is 1. The highest BCUT2D eigenvalue weighted by Gasteiger charge is 2.09. The fourth-order valence-electron chi connectivity index (χ4n) is 2.94. The molecule has 1 amide bonds. The Morgan fingerprint density at radius 2 is 1.97 bits per heavy atom. The lowest BCUT2D eigenvalue weighted by Crippen LogP contribution is -2.09. The molecular formula is C24H25NO5. The molecule has 0 saturated heterocycles. The van der Waals surface area contributed by atoms with Crippen LogP contribution >= 0.6 is 0 Å². The largest absolute Gasteiger partial charge is 0.493 e. The van der Waals surface area contributed by atoms with E-state index in [2.05, 4.69) is 5.32 Å². The minimum Gasteiger partial charge on any atom is -0.493 e. The number of aliphatic hydroxyl groups excluding tert-OH is 1. The zero-order valence-electron chi connectivity index (χ0n) is 17.3. The van der Waals surface area contributed by atoms with Gasteiger partial charge >= 0.3 is 0 Å². The normalized spacial score (nSPS) is 10.9. The van der Waals surface area contributed by atoms with Gasteiger partial charge in [0.15, 0.2) is 11.5 Å². The predicted octanol–water partition coefficient (Wildman–Crippen LogP) is 4.81. The average Bonchev–Trinajstić information content (AvgIpc) is 3.24. The van der Waals surface area contributed by atoms with E-state index in [1.54, 1.807) is 25.3 Å². The molecule has 0 aliphatic rings. The van der Waals surface area contributed by atoms with Crippen LogP contribution in [0.4, 0.5) is 5.69 Å². The molecule has 0 saturated carbocycles. The van der Waals surface area contributed by atoms with Crippen molar-refractivity contribution in [3.05, 3.63) is 71.5 Å². The molecule has 0 unspecified atom stereocenters. The van der Waals surface area contributed by atoms with Crippen molar-refractivity contribution < 1.29 is 23.8 Å². The van der Waals surface area contributed by atoms with Crippen LogP contribution in [-0.2, 0) is 11.4 Å². The second kappa shape index (κ2) is 9.80. The maximum Gasteiger partial charge on any atom is 0.248 e.